The molecule has 2 aromatic heterocycles. The number of alkyl halides is 3. The summed E-state index contributed by atoms with van der Waals surface area (Å²) >= 11 is 7.10. The van der Waals surface area contributed by atoms with Crippen LogP contribution in [0.25, 0.3) is 0 Å². The van der Waals surface area contributed by atoms with Gasteiger partial charge in [-0.3, -0.25) is 14.7 Å². The predicted octanol–water partition coefficient (Wildman–Crippen LogP) is 3.44. The number of nitrogens with one attached hydrogen (secondary N) is 2. The van der Waals surface area contributed by atoms with Crippen LogP contribution in [0.1, 0.15) is 44.6 Å². The number of H-pyrrole nitrogens is 1. The van der Waals surface area contributed by atoms with Crippen LogP contribution in [0.3, 0.4) is 0 Å². The number of thiophene rings is 1. The fourth-order valence-electron chi connectivity index (χ4n) is 2.91. The van der Waals surface area contributed by atoms with Gasteiger partial charge in [0.05, 0.1) is 9.21 Å². The van der Waals surface area contributed by atoms with Gasteiger partial charge in [-0.2, -0.15) is 18.3 Å². The van der Waals surface area contributed by atoms with Crippen molar-refractivity contribution in [1.82, 2.24) is 20.4 Å². The molecule has 1 saturated heterocycles. The molecule has 3 rings (SSSR count). The van der Waals surface area contributed by atoms with Crippen molar-refractivity contribution in [2.45, 2.75) is 24.9 Å². The van der Waals surface area contributed by atoms with E-state index in [0.717, 1.165) is 0 Å². The van der Waals surface area contributed by atoms with E-state index in [2.05, 4.69) is 10.2 Å². The lowest BCUT2D eigenvalue weighted by atomic mass is 9.93. The van der Waals surface area contributed by atoms with Crippen LogP contribution < -0.4 is 5.32 Å². The molecule has 2 amide bonds. The van der Waals surface area contributed by atoms with Gasteiger partial charge in [-0.15, -0.1) is 11.3 Å². The van der Waals surface area contributed by atoms with Crippen molar-refractivity contribution >= 4 is 34.8 Å². The Labute approximate surface area is 161 Å². The van der Waals surface area contributed by atoms with Crippen LogP contribution in [-0.2, 0) is 0 Å². The van der Waals surface area contributed by atoms with Gasteiger partial charge in [-0.1, -0.05) is 11.6 Å². The third-order valence-corrected chi connectivity index (χ3v) is 5.50. The standard InChI is InChI=1S/C16H16ClF3N4O2S/c17-13-2-1-12(27-13)15(26)24-5-3-9(4-6-24)10-7-11(23-22-10)14(25)21-8-16(18,19)20/h1-2,7,9H,3-6,8H2,(H,21,25)(H,22,23). The fourth-order valence-corrected chi connectivity index (χ4v) is 3.92. The first-order valence-corrected chi connectivity index (χ1v) is 9.37. The highest BCUT2D eigenvalue weighted by Crippen LogP contribution is 2.29. The normalized spacial score (nSPS) is 15.8. The van der Waals surface area contributed by atoms with Crippen molar-refractivity contribution in [2.75, 3.05) is 19.6 Å². The van der Waals surface area contributed by atoms with Crippen LogP contribution in [0.4, 0.5) is 13.2 Å². The highest BCUT2D eigenvalue weighted by molar-refractivity contribution is 7.17. The number of amides is 2. The molecule has 0 spiro atoms. The molecule has 0 radical (unpaired) electrons. The van der Waals surface area contributed by atoms with Gasteiger partial charge >= 0.3 is 6.18 Å². The second kappa shape index (κ2) is 7.89. The monoisotopic (exact) mass is 420 g/mol. The number of carbonyl (C=O) groups excluding carboxylic acids is 2. The van der Waals surface area contributed by atoms with Gasteiger partial charge in [-0.05, 0) is 31.0 Å². The maximum atomic E-state index is 12.4. The summed E-state index contributed by atoms with van der Waals surface area (Å²) in [7, 11) is 0. The Kier molecular flexibility index (Phi) is 5.75. The number of carbonyl (C=O) groups is 2. The minimum Gasteiger partial charge on any atom is -0.342 e. The summed E-state index contributed by atoms with van der Waals surface area (Å²) < 4.78 is 37.1. The molecule has 146 valence electrons. The molecule has 1 aliphatic rings. The fraction of sp³-hybridized carbons (Fsp3) is 0.438. The van der Waals surface area contributed by atoms with Gasteiger partial charge in [0.25, 0.3) is 11.8 Å². The number of nitrogens with zero attached hydrogens (tertiary/aromatic N) is 2. The summed E-state index contributed by atoms with van der Waals surface area (Å²) in [5, 5.41) is 8.31. The quantitative estimate of drug-likeness (QED) is 0.795. The average Bonchev–Trinajstić information content (AvgIpc) is 3.28. The van der Waals surface area contributed by atoms with Gasteiger partial charge in [0, 0.05) is 24.7 Å². The number of halogens is 4. The van der Waals surface area contributed by atoms with Crippen molar-refractivity contribution in [3.8, 4) is 0 Å². The van der Waals surface area contributed by atoms with Crippen molar-refractivity contribution < 1.29 is 22.8 Å². The van der Waals surface area contributed by atoms with Gasteiger partial charge in [0.1, 0.15) is 12.2 Å². The Bertz CT molecular complexity index is 828. The zero-order valence-corrected chi connectivity index (χ0v) is 15.5. The number of piperidine rings is 1. The summed E-state index contributed by atoms with van der Waals surface area (Å²) in [5.74, 6) is -0.892. The Balaban J connectivity index is 1.55. The molecule has 2 aromatic rings. The smallest absolute Gasteiger partial charge is 0.342 e. The lowest BCUT2D eigenvalue weighted by Gasteiger charge is -2.31. The lowest BCUT2D eigenvalue weighted by molar-refractivity contribution is -0.123. The largest absolute Gasteiger partial charge is 0.405 e. The highest BCUT2D eigenvalue weighted by Gasteiger charge is 2.29. The van der Waals surface area contributed by atoms with Crippen LogP contribution >= 0.6 is 22.9 Å². The zero-order chi connectivity index (χ0) is 19.6. The van der Waals surface area contributed by atoms with E-state index in [0.29, 0.717) is 40.8 Å². The number of hydrogen-bond donors (Lipinski definition) is 2. The molecule has 0 aliphatic carbocycles. The summed E-state index contributed by atoms with van der Waals surface area (Å²) in [6, 6.07) is 4.84. The molecule has 27 heavy (non-hydrogen) atoms. The lowest BCUT2D eigenvalue weighted by Crippen LogP contribution is -2.37. The third kappa shape index (κ3) is 5.01. The first-order valence-electron chi connectivity index (χ1n) is 8.18. The van der Waals surface area contributed by atoms with Gasteiger partial charge in [0.15, 0.2) is 0 Å². The Morgan fingerprint density at radius 1 is 1.33 bits per heavy atom. The SMILES string of the molecule is O=C(NCC(F)(F)F)c1cc(C2CCN(C(=O)c3ccc(Cl)s3)CC2)[nH]n1. The van der Waals surface area contributed by atoms with E-state index in [1.807, 2.05) is 0 Å². The van der Waals surface area contributed by atoms with Crippen LogP contribution in [0, 0.1) is 0 Å². The van der Waals surface area contributed by atoms with Crippen molar-refractivity contribution in [3.63, 3.8) is 0 Å². The summed E-state index contributed by atoms with van der Waals surface area (Å²) in [4.78, 5) is 26.5. The summed E-state index contributed by atoms with van der Waals surface area (Å²) in [6.07, 6.45) is -3.14. The molecule has 1 fully saturated rings. The molecular weight excluding hydrogens is 405 g/mol. The first kappa shape index (κ1) is 19.7. The molecule has 6 nitrogen and oxygen atoms in total. The van der Waals surface area contributed by atoms with Gasteiger partial charge in [-0.25, -0.2) is 0 Å². The average molecular weight is 421 g/mol. The molecule has 2 N–H and O–H groups in total. The maximum Gasteiger partial charge on any atom is 0.405 e. The molecule has 0 aromatic carbocycles. The summed E-state index contributed by atoms with van der Waals surface area (Å²) in [6.45, 7) is -0.331. The molecule has 0 saturated carbocycles. The zero-order valence-electron chi connectivity index (χ0n) is 14.0. The van der Waals surface area contributed by atoms with E-state index in [4.69, 9.17) is 11.6 Å². The van der Waals surface area contributed by atoms with E-state index < -0.39 is 18.6 Å². The van der Waals surface area contributed by atoms with Crippen LogP contribution in [0.15, 0.2) is 18.2 Å². The molecule has 11 heteroatoms. The second-order valence-corrected chi connectivity index (χ2v) is 7.89. The summed E-state index contributed by atoms with van der Waals surface area (Å²) in [5.41, 5.74) is 0.597. The number of aromatic nitrogens is 2. The van der Waals surface area contributed by atoms with Crippen molar-refractivity contribution in [2.24, 2.45) is 0 Å². The number of aromatic amines is 1. The molecule has 0 unspecified atom stereocenters. The van der Waals surface area contributed by atoms with E-state index in [9.17, 15) is 22.8 Å². The van der Waals surface area contributed by atoms with Crippen LogP contribution in [0.2, 0.25) is 4.34 Å². The molecule has 0 atom stereocenters. The minimum absolute atomic E-state index is 0.0534. The molecule has 1 aliphatic heterocycles. The number of rotatable bonds is 4. The molecule has 0 bridgehead atoms. The third-order valence-electron chi connectivity index (χ3n) is 4.29. The second-order valence-electron chi connectivity index (χ2n) is 6.18. The van der Waals surface area contributed by atoms with Gasteiger partial charge in [0.2, 0.25) is 0 Å². The maximum absolute atomic E-state index is 12.4. The van der Waals surface area contributed by atoms with E-state index in [1.54, 1.807) is 22.3 Å². The van der Waals surface area contributed by atoms with Gasteiger partial charge < -0.3 is 10.2 Å². The highest BCUT2D eigenvalue weighted by atomic mass is 35.5. The van der Waals surface area contributed by atoms with Crippen LogP contribution in [0.5, 0.6) is 0 Å². The Morgan fingerprint density at radius 2 is 2.04 bits per heavy atom. The first-order chi connectivity index (χ1) is 12.7. The number of likely N-dealkylation sites (tertiary alicyclic amines) is 1. The minimum atomic E-state index is -4.47. The van der Waals surface area contributed by atoms with Crippen molar-refractivity contribution in [3.05, 3.63) is 38.8 Å². The van der Waals surface area contributed by atoms with E-state index in [-0.39, 0.29) is 17.5 Å². The Morgan fingerprint density at radius 3 is 2.63 bits per heavy atom. The number of hydrogen-bond acceptors (Lipinski definition) is 4. The molecular formula is C16H16ClF3N4O2S. The van der Waals surface area contributed by atoms with Crippen LogP contribution in [-0.4, -0.2) is 52.7 Å². The van der Waals surface area contributed by atoms with Crippen molar-refractivity contribution in [1.29, 1.82) is 0 Å². The van der Waals surface area contributed by atoms with E-state index in [1.165, 1.54) is 17.4 Å². The molecule has 3 heterocycles. The topological polar surface area (TPSA) is 78.1 Å². The predicted molar refractivity (Wildman–Crippen MR) is 94.2 cm³/mol. The Hall–Kier alpha value is -2.07. The van der Waals surface area contributed by atoms with E-state index >= 15 is 0 Å².